The van der Waals surface area contributed by atoms with Crippen molar-refractivity contribution < 1.29 is 9.84 Å². The van der Waals surface area contributed by atoms with Crippen molar-refractivity contribution in [3.8, 4) is 11.5 Å². The third-order valence-corrected chi connectivity index (χ3v) is 1.37. The lowest BCUT2D eigenvalue weighted by molar-refractivity contribution is 0.410. The van der Waals surface area contributed by atoms with Gasteiger partial charge in [-0.05, 0) is 12.1 Å². The molecule has 1 aromatic rings. The quantitative estimate of drug-likeness (QED) is 0.333. The molecule has 1 rings (SSSR count). The van der Waals surface area contributed by atoms with Crippen LogP contribution in [0.25, 0.3) is 0 Å². The largest absolute Gasteiger partial charge is 0.506 e. The first-order valence-electron chi connectivity index (χ1n) is 3.12. The molecule has 0 bridgehead atoms. The second-order valence-electron chi connectivity index (χ2n) is 2.00. The molecule has 0 spiro atoms. The first-order valence-corrected chi connectivity index (χ1v) is 3.12. The SMILES string of the molecule is COc1cccc(O)c1NN. The van der Waals surface area contributed by atoms with Crippen molar-refractivity contribution in [2.45, 2.75) is 0 Å². The van der Waals surface area contributed by atoms with Crippen LogP contribution in [-0.4, -0.2) is 12.2 Å². The molecule has 1 aromatic carbocycles. The molecule has 0 aromatic heterocycles. The maximum Gasteiger partial charge on any atom is 0.147 e. The third-order valence-electron chi connectivity index (χ3n) is 1.37. The molecule has 60 valence electrons. The number of para-hydroxylation sites is 1. The summed E-state index contributed by atoms with van der Waals surface area (Å²) in [7, 11) is 1.51. The summed E-state index contributed by atoms with van der Waals surface area (Å²) in [6.45, 7) is 0. The first kappa shape index (κ1) is 7.68. The number of methoxy groups -OCH3 is 1. The average molecular weight is 154 g/mol. The zero-order valence-corrected chi connectivity index (χ0v) is 6.16. The van der Waals surface area contributed by atoms with Crippen LogP contribution in [-0.2, 0) is 0 Å². The van der Waals surface area contributed by atoms with E-state index in [0.717, 1.165) is 0 Å². The minimum Gasteiger partial charge on any atom is -0.506 e. The highest BCUT2D eigenvalue weighted by atomic mass is 16.5. The molecule has 11 heavy (non-hydrogen) atoms. The summed E-state index contributed by atoms with van der Waals surface area (Å²) in [5, 5.41) is 9.20. The van der Waals surface area contributed by atoms with E-state index in [2.05, 4.69) is 5.43 Å². The van der Waals surface area contributed by atoms with Gasteiger partial charge < -0.3 is 15.3 Å². The van der Waals surface area contributed by atoms with Crippen molar-refractivity contribution in [2.75, 3.05) is 12.5 Å². The number of nitrogens with two attached hydrogens (primary N) is 1. The zero-order valence-electron chi connectivity index (χ0n) is 6.16. The van der Waals surface area contributed by atoms with Gasteiger partial charge >= 0.3 is 0 Å². The molecule has 0 saturated heterocycles. The van der Waals surface area contributed by atoms with E-state index in [1.54, 1.807) is 12.1 Å². The Labute approximate surface area is 64.6 Å². The second kappa shape index (κ2) is 3.12. The van der Waals surface area contributed by atoms with Crippen molar-refractivity contribution in [3.63, 3.8) is 0 Å². The Balaban J connectivity index is 3.13. The minimum atomic E-state index is 0.0758. The summed E-state index contributed by atoms with van der Waals surface area (Å²) < 4.78 is 4.91. The standard InChI is InChI=1S/C7H10N2O2/c1-11-6-4-2-3-5(10)7(6)9-8/h2-4,9-10H,8H2,1H3. The van der Waals surface area contributed by atoms with Gasteiger partial charge in [-0.25, -0.2) is 0 Å². The van der Waals surface area contributed by atoms with Gasteiger partial charge in [0.1, 0.15) is 17.2 Å². The summed E-state index contributed by atoms with van der Waals surface area (Å²) in [5.41, 5.74) is 2.74. The zero-order chi connectivity index (χ0) is 8.27. The minimum absolute atomic E-state index is 0.0758. The maximum absolute atomic E-state index is 9.20. The smallest absolute Gasteiger partial charge is 0.147 e. The van der Waals surface area contributed by atoms with Crippen LogP contribution in [0.5, 0.6) is 11.5 Å². The molecule has 0 saturated carbocycles. The number of nitrogen functional groups attached to an aromatic ring is 1. The van der Waals surface area contributed by atoms with Gasteiger partial charge in [0.15, 0.2) is 0 Å². The summed E-state index contributed by atoms with van der Waals surface area (Å²) in [4.78, 5) is 0. The molecule has 0 unspecified atom stereocenters. The molecule has 4 heteroatoms. The maximum atomic E-state index is 9.20. The van der Waals surface area contributed by atoms with Crippen LogP contribution in [0, 0.1) is 0 Å². The van der Waals surface area contributed by atoms with Crippen molar-refractivity contribution >= 4 is 5.69 Å². The molecule has 0 fully saturated rings. The van der Waals surface area contributed by atoms with E-state index >= 15 is 0 Å². The third kappa shape index (κ3) is 1.35. The number of benzene rings is 1. The first-order chi connectivity index (χ1) is 5.29. The molecule has 0 aliphatic heterocycles. The van der Waals surface area contributed by atoms with E-state index < -0.39 is 0 Å². The molecule has 4 N–H and O–H groups in total. The number of ether oxygens (including phenoxy) is 1. The van der Waals surface area contributed by atoms with Gasteiger partial charge in [-0.3, -0.25) is 5.84 Å². The number of rotatable bonds is 2. The van der Waals surface area contributed by atoms with Gasteiger partial charge in [0.05, 0.1) is 7.11 Å². The number of phenols is 1. The van der Waals surface area contributed by atoms with Crippen molar-refractivity contribution in [1.82, 2.24) is 0 Å². The molecular formula is C7H10N2O2. The summed E-state index contributed by atoms with van der Waals surface area (Å²) >= 11 is 0. The lowest BCUT2D eigenvalue weighted by Gasteiger charge is -2.07. The normalized spacial score (nSPS) is 9.27. The monoisotopic (exact) mass is 154 g/mol. The van der Waals surface area contributed by atoms with E-state index in [9.17, 15) is 5.11 Å². The van der Waals surface area contributed by atoms with Gasteiger partial charge in [-0.15, -0.1) is 0 Å². The Morgan fingerprint density at radius 3 is 2.73 bits per heavy atom. The molecular weight excluding hydrogens is 144 g/mol. The molecule has 0 radical (unpaired) electrons. The van der Waals surface area contributed by atoms with Gasteiger partial charge in [-0.2, -0.15) is 0 Å². The van der Waals surface area contributed by atoms with Gasteiger partial charge in [-0.1, -0.05) is 6.07 Å². The molecule has 0 amide bonds. The lowest BCUT2D eigenvalue weighted by Crippen LogP contribution is -2.08. The fraction of sp³-hybridized carbons (Fsp3) is 0.143. The van der Waals surface area contributed by atoms with Gasteiger partial charge in [0.2, 0.25) is 0 Å². The number of nitrogens with one attached hydrogen (secondary N) is 1. The number of anilines is 1. The lowest BCUT2D eigenvalue weighted by atomic mass is 10.3. The molecule has 4 nitrogen and oxygen atoms in total. The molecule has 0 heterocycles. The van der Waals surface area contributed by atoms with Crippen molar-refractivity contribution in [1.29, 1.82) is 0 Å². The van der Waals surface area contributed by atoms with Gasteiger partial charge in [0, 0.05) is 0 Å². The van der Waals surface area contributed by atoms with Crippen LogP contribution in [0.2, 0.25) is 0 Å². The highest BCUT2D eigenvalue weighted by Crippen LogP contribution is 2.31. The van der Waals surface area contributed by atoms with Crippen LogP contribution in [0.3, 0.4) is 0 Å². The van der Waals surface area contributed by atoms with E-state index in [1.807, 2.05) is 0 Å². The van der Waals surface area contributed by atoms with Crippen molar-refractivity contribution in [3.05, 3.63) is 18.2 Å². The van der Waals surface area contributed by atoms with Crippen LogP contribution in [0.4, 0.5) is 5.69 Å². The van der Waals surface area contributed by atoms with E-state index in [4.69, 9.17) is 10.6 Å². The Morgan fingerprint density at radius 2 is 2.27 bits per heavy atom. The van der Waals surface area contributed by atoms with Crippen LogP contribution < -0.4 is 16.0 Å². The number of phenolic OH excluding ortho intramolecular Hbond substituents is 1. The number of hydrogen-bond acceptors (Lipinski definition) is 4. The summed E-state index contributed by atoms with van der Waals surface area (Å²) in [6, 6.07) is 4.90. The summed E-state index contributed by atoms with van der Waals surface area (Å²) in [6.07, 6.45) is 0. The molecule has 0 aliphatic rings. The van der Waals surface area contributed by atoms with E-state index in [-0.39, 0.29) is 5.75 Å². The van der Waals surface area contributed by atoms with E-state index in [1.165, 1.54) is 13.2 Å². The predicted molar refractivity (Wildman–Crippen MR) is 42.5 cm³/mol. The second-order valence-corrected chi connectivity index (χ2v) is 2.00. The molecule has 0 aliphatic carbocycles. The highest BCUT2D eigenvalue weighted by molar-refractivity contribution is 5.64. The molecule has 0 atom stereocenters. The van der Waals surface area contributed by atoms with Gasteiger partial charge in [0.25, 0.3) is 0 Å². The Hall–Kier alpha value is -1.42. The highest BCUT2D eigenvalue weighted by Gasteiger charge is 2.04. The van der Waals surface area contributed by atoms with Crippen LogP contribution >= 0.6 is 0 Å². The average Bonchev–Trinajstić information content (AvgIpc) is 2.04. The number of aromatic hydroxyl groups is 1. The summed E-state index contributed by atoms with van der Waals surface area (Å²) in [5.74, 6) is 5.73. The number of hydrazine groups is 1. The predicted octanol–water partition coefficient (Wildman–Crippen LogP) is 0.686. The number of hydrogen-bond donors (Lipinski definition) is 3. The van der Waals surface area contributed by atoms with Crippen LogP contribution in [0.1, 0.15) is 0 Å². The topological polar surface area (TPSA) is 67.5 Å². The van der Waals surface area contributed by atoms with Crippen LogP contribution in [0.15, 0.2) is 18.2 Å². The Morgan fingerprint density at radius 1 is 1.55 bits per heavy atom. The fourth-order valence-electron chi connectivity index (χ4n) is 0.835. The Bertz CT molecular complexity index is 250. The van der Waals surface area contributed by atoms with E-state index in [0.29, 0.717) is 11.4 Å². The fourth-order valence-corrected chi connectivity index (χ4v) is 0.835. The van der Waals surface area contributed by atoms with Crippen molar-refractivity contribution in [2.24, 2.45) is 5.84 Å². The Kier molecular flexibility index (Phi) is 2.18.